The average molecular weight is 153 g/mol. The van der Waals surface area contributed by atoms with E-state index < -0.39 is 0 Å². The van der Waals surface area contributed by atoms with Gasteiger partial charge in [0.25, 0.3) is 0 Å². The van der Waals surface area contributed by atoms with Crippen LogP contribution < -0.4 is 0 Å². The quantitative estimate of drug-likeness (QED) is 0.573. The lowest BCUT2D eigenvalue weighted by molar-refractivity contribution is -0.146. The zero-order chi connectivity index (χ0) is 8.27. The molecule has 1 aliphatic heterocycles. The Labute approximate surface area is 68.1 Å². The highest BCUT2D eigenvalue weighted by molar-refractivity contribution is 4.94. The molecule has 0 aromatic heterocycles. The summed E-state index contributed by atoms with van der Waals surface area (Å²) in [6.45, 7) is 6.19. The molecule has 0 fully saturated rings. The predicted octanol–water partition coefficient (Wildman–Crippen LogP) is 2.31. The third kappa shape index (κ3) is 2.09. The second kappa shape index (κ2) is 3.58. The van der Waals surface area contributed by atoms with Crippen LogP contribution in [0, 0.1) is 5.92 Å². The van der Waals surface area contributed by atoms with E-state index in [-0.39, 0.29) is 6.10 Å². The minimum absolute atomic E-state index is 0.274. The molecule has 11 heavy (non-hydrogen) atoms. The molecule has 2 atom stereocenters. The van der Waals surface area contributed by atoms with Crippen molar-refractivity contribution in [1.82, 2.24) is 5.06 Å². The molecule has 0 aromatic carbocycles. The van der Waals surface area contributed by atoms with Gasteiger partial charge in [-0.25, -0.2) is 5.06 Å². The van der Waals surface area contributed by atoms with Gasteiger partial charge in [-0.2, -0.15) is 0 Å². The molecule has 1 rings (SSSR count). The van der Waals surface area contributed by atoms with Crippen molar-refractivity contribution in [2.45, 2.75) is 26.9 Å². The van der Waals surface area contributed by atoms with Crippen molar-refractivity contribution in [3.05, 3.63) is 24.6 Å². The van der Waals surface area contributed by atoms with Crippen LogP contribution in [0.4, 0.5) is 0 Å². The van der Waals surface area contributed by atoms with Crippen LogP contribution >= 0.6 is 0 Å². The predicted molar refractivity (Wildman–Crippen MR) is 45.5 cm³/mol. The Morgan fingerprint density at radius 1 is 1.45 bits per heavy atom. The van der Waals surface area contributed by atoms with Crippen molar-refractivity contribution in [2.75, 3.05) is 0 Å². The third-order valence-electron chi connectivity index (χ3n) is 1.86. The van der Waals surface area contributed by atoms with E-state index in [1.54, 1.807) is 5.06 Å². The highest BCUT2D eigenvalue weighted by atomic mass is 16.7. The van der Waals surface area contributed by atoms with Crippen molar-refractivity contribution >= 4 is 0 Å². The van der Waals surface area contributed by atoms with Gasteiger partial charge < -0.3 is 0 Å². The van der Waals surface area contributed by atoms with Crippen molar-refractivity contribution in [3.8, 4) is 0 Å². The first-order chi connectivity index (χ1) is 5.24. The monoisotopic (exact) mass is 153 g/mol. The van der Waals surface area contributed by atoms with Crippen molar-refractivity contribution in [1.29, 1.82) is 0 Å². The van der Waals surface area contributed by atoms with E-state index in [1.807, 2.05) is 25.4 Å². The lowest BCUT2D eigenvalue weighted by Crippen LogP contribution is -2.28. The fraction of sp³-hybridized carbons (Fsp3) is 0.556. The summed E-state index contributed by atoms with van der Waals surface area (Å²) in [5.74, 6) is 0.511. The number of nitrogens with zero attached hydrogens (tertiary/aromatic N) is 1. The van der Waals surface area contributed by atoms with E-state index in [0.717, 1.165) is 0 Å². The van der Waals surface area contributed by atoms with Crippen LogP contribution in [0.25, 0.3) is 0 Å². The van der Waals surface area contributed by atoms with Gasteiger partial charge in [0.05, 0.1) is 6.10 Å². The molecule has 0 aromatic rings. The van der Waals surface area contributed by atoms with Gasteiger partial charge in [0.1, 0.15) is 0 Å². The Kier molecular flexibility index (Phi) is 2.71. The summed E-state index contributed by atoms with van der Waals surface area (Å²) >= 11 is 0. The van der Waals surface area contributed by atoms with E-state index in [4.69, 9.17) is 4.84 Å². The summed E-state index contributed by atoms with van der Waals surface area (Å²) < 4.78 is 0. The zero-order valence-corrected chi connectivity index (χ0v) is 7.32. The highest BCUT2D eigenvalue weighted by Crippen LogP contribution is 2.16. The molecule has 0 spiro atoms. The fourth-order valence-electron chi connectivity index (χ4n) is 0.932. The summed E-state index contributed by atoms with van der Waals surface area (Å²) in [7, 11) is 0. The number of rotatable bonds is 1. The van der Waals surface area contributed by atoms with Crippen LogP contribution in [0.2, 0.25) is 0 Å². The fourth-order valence-corrected chi connectivity index (χ4v) is 0.932. The lowest BCUT2D eigenvalue weighted by atomic mass is 10.1. The molecule has 1 heterocycles. The van der Waals surface area contributed by atoms with Gasteiger partial charge in [0.2, 0.25) is 0 Å². The second-order valence-corrected chi connectivity index (χ2v) is 2.85. The first-order valence-corrected chi connectivity index (χ1v) is 4.00. The summed E-state index contributed by atoms with van der Waals surface area (Å²) in [5, 5.41) is 1.74. The molecule has 1 aliphatic rings. The first-order valence-electron chi connectivity index (χ1n) is 4.00. The van der Waals surface area contributed by atoms with Gasteiger partial charge in [0, 0.05) is 18.3 Å². The average Bonchev–Trinajstić information content (AvgIpc) is 1.98. The van der Waals surface area contributed by atoms with Gasteiger partial charge in [-0.05, 0) is 13.8 Å². The van der Waals surface area contributed by atoms with Crippen LogP contribution in [0.15, 0.2) is 24.6 Å². The largest absolute Gasteiger partial charge is 0.266 e. The molecule has 0 saturated carbocycles. The van der Waals surface area contributed by atoms with Gasteiger partial charge in [-0.15, -0.1) is 0 Å². The van der Waals surface area contributed by atoms with E-state index in [2.05, 4.69) is 19.9 Å². The molecule has 0 saturated heterocycles. The molecule has 2 heteroatoms. The topological polar surface area (TPSA) is 12.5 Å². The lowest BCUT2D eigenvalue weighted by Gasteiger charge is -2.28. The van der Waals surface area contributed by atoms with Gasteiger partial charge in [0.15, 0.2) is 0 Å². The Morgan fingerprint density at radius 3 is 2.73 bits per heavy atom. The Balaban J connectivity index is 2.56. The molecule has 62 valence electrons. The smallest absolute Gasteiger partial charge is 0.0893 e. The number of hydroxylamine groups is 2. The number of hydrogen-bond donors (Lipinski definition) is 0. The normalized spacial score (nSPS) is 31.7. The molecule has 0 aliphatic carbocycles. The zero-order valence-electron chi connectivity index (χ0n) is 7.32. The molecule has 0 radical (unpaired) electrons. The SMILES string of the molecule is CC=CN1C=CC(C)C(C)O1. The summed E-state index contributed by atoms with van der Waals surface area (Å²) in [4.78, 5) is 5.50. The van der Waals surface area contributed by atoms with Crippen molar-refractivity contribution in [2.24, 2.45) is 5.92 Å². The standard InChI is InChI=1S/C9H15NO/c1-4-6-10-7-5-8(2)9(3)11-10/h4-9H,1-3H3. The van der Waals surface area contributed by atoms with Crippen LogP contribution in [-0.2, 0) is 4.84 Å². The third-order valence-corrected chi connectivity index (χ3v) is 1.86. The molecular formula is C9H15NO. The Bertz CT molecular complexity index is 174. The van der Waals surface area contributed by atoms with Crippen LogP contribution in [0.1, 0.15) is 20.8 Å². The van der Waals surface area contributed by atoms with E-state index in [9.17, 15) is 0 Å². The van der Waals surface area contributed by atoms with Crippen LogP contribution in [0.5, 0.6) is 0 Å². The summed E-state index contributed by atoms with van der Waals surface area (Å²) in [5.41, 5.74) is 0. The number of hydrogen-bond acceptors (Lipinski definition) is 2. The van der Waals surface area contributed by atoms with Crippen molar-refractivity contribution in [3.63, 3.8) is 0 Å². The summed E-state index contributed by atoms with van der Waals surface area (Å²) in [6.07, 6.45) is 8.22. The van der Waals surface area contributed by atoms with Crippen LogP contribution in [0.3, 0.4) is 0 Å². The van der Waals surface area contributed by atoms with Gasteiger partial charge >= 0.3 is 0 Å². The number of allylic oxidation sites excluding steroid dienone is 1. The van der Waals surface area contributed by atoms with E-state index in [1.165, 1.54) is 0 Å². The molecule has 0 amide bonds. The maximum atomic E-state index is 5.50. The van der Waals surface area contributed by atoms with Crippen LogP contribution in [-0.4, -0.2) is 11.2 Å². The molecule has 2 nitrogen and oxygen atoms in total. The van der Waals surface area contributed by atoms with E-state index >= 15 is 0 Å². The maximum absolute atomic E-state index is 5.50. The molecule has 0 N–H and O–H groups in total. The summed E-state index contributed by atoms with van der Waals surface area (Å²) in [6, 6.07) is 0. The Hall–Kier alpha value is -0.760. The van der Waals surface area contributed by atoms with Crippen molar-refractivity contribution < 1.29 is 4.84 Å². The minimum atomic E-state index is 0.274. The second-order valence-electron chi connectivity index (χ2n) is 2.85. The molecule has 0 bridgehead atoms. The van der Waals surface area contributed by atoms with E-state index in [0.29, 0.717) is 5.92 Å². The minimum Gasteiger partial charge on any atom is -0.266 e. The van der Waals surface area contributed by atoms with Gasteiger partial charge in [-0.1, -0.05) is 19.1 Å². The molecule has 2 unspecified atom stereocenters. The Morgan fingerprint density at radius 2 is 2.18 bits per heavy atom. The van der Waals surface area contributed by atoms with Gasteiger partial charge in [-0.3, -0.25) is 4.84 Å². The molecular weight excluding hydrogens is 138 g/mol. The highest BCUT2D eigenvalue weighted by Gasteiger charge is 2.16. The maximum Gasteiger partial charge on any atom is 0.0893 e. The first kappa shape index (κ1) is 8.34.